The smallest absolute Gasteiger partial charge is 0.256 e. The van der Waals surface area contributed by atoms with Crippen molar-refractivity contribution >= 4 is 28.4 Å². The van der Waals surface area contributed by atoms with Gasteiger partial charge in [0.05, 0.1) is 7.11 Å². The minimum Gasteiger partial charge on any atom is -0.497 e. The average Bonchev–Trinajstić information content (AvgIpc) is 3.82. The van der Waals surface area contributed by atoms with Gasteiger partial charge in [0.15, 0.2) is 0 Å². The normalized spacial score (nSPS) is 21.0. The number of hydrogen-bond acceptors (Lipinski definition) is 4. The first-order valence-corrected chi connectivity index (χ1v) is 13.7. The van der Waals surface area contributed by atoms with Crippen molar-refractivity contribution in [1.29, 1.82) is 0 Å². The number of amides is 2. The van der Waals surface area contributed by atoms with E-state index in [4.69, 9.17) is 9.73 Å². The van der Waals surface area contributed by atoms with E-state index in [9.17, 15) is 9.59 Å². The average molecular weight is 508 g/mol. The van der Waals surface area contributed by atoms with Gasteiger partial charge in [-0.2, -0.15) is 0 Å². The molecule has 0 N–H and O–H groups in total. The highest BCUT2D eigenvalue weighted by molar-refractivity contribution is 6.17. The molecule has 6 nitrogen and oxygen atoms in total. The highest BCUT2D eigenvalue weighted by Crippen LogP contribution is 2.48. The number of amidine groups is 1. The Labute approximate surface area is 223 Å². The quantitative estimate of drug-likeness (QED) is 0.461. The first kappa shape index (κ1) is 23.4. The Bertz CT molecular complexity index is 1530. The Morgan fingerprint density at radius 2 is 1.66 bits per heavy atom. The predicted molar refractivity (Wildman–Crippen MR) is 148 cm³/mol. The van der Waals surface area contributed by atoms with E-state index < -0.39 is 5.54 Å². The lowest BCUT2D eigenvalue weighted by atomic mass is 9.95. The number of nitrogens with zero attached hydrogens (tertiary/aromatic N) is 3. The van der Waals surface area contributed by atoms with E-state index in [1.807, 2.05) is 15.9 Å². The lowest BCUT2D eigenvalue weighted by molar-refractivity contribution is -0.143. The highest BCUT2D eigenvalue weighted by atomic mass is 16.5. The van der Waals surface area contributed by atoms with Crippen LogP contribution in [0.5, 0.6) is 5.75 Å². The molecule has 4 aliphatic rings. The van der Waals surface area contributed by atoms with E-state index in [1.54, 1.807) is 7.11 Å². The molecule has 0 aromatic heterocycles. The first-order chi connectivity index (χ1) is 18.3. The van der Waals surface area contributed by atoms with Crippen LogP contribution in [0.15, 0.2) is 59.6 Å². The molecule has 0 unspecified atom stereocenters. The molecule has 6 heteroatoms. The fraction of sp³-hybridized carbons (Fsp3) is 0.406. The van der Waals surface area contributed by atoms with Crippen LogP contribution in [-0.2, 0) is 9.59 Å². The second-order valence-corrected chi connectivity index (χ2v) is 12.0. The molecule has 3 fully saturated rings. The molecule has 2 amide bonds. The van der Waals surface area contributed by atoms with Crippen molar-refractivity contribution in [2.24, 2.45) is 16.3 Å². The Balaban J connectivity index is 1.13. The van der Waals surface area contributed by atoms with E-state index in [2.05, 4.69) is 62.4 Å². The number of benzene rings is 3. The molecule has 7 rings (SSSR count). The molecular weight excluding hydrogens is 474 g/mol. The van der Waals surface area contributed by atoms with Gasteiger partial charge in [-0.25, -0.2) is 0 Å². The number of methoxy groups -OCH3 is 1. The second kappa shape index (κ2) is 8.16. The Morgan fingerprint density at radius 3 is 2.34 bits per heavy atom. The number of aliphatic imine (C=N–C) groups is 1. The zero-order valence-electron chi connectivity index (χ0n) is 22.3. The van der Waals surface area contributed by atoms with Crippen molar-refractivity contribution in [3.05, 3.63) is 65.7 Å². The van der Waals surface area contributed by atoms with Crippen molar-refractivity contribution < 1.29 is 14.3 Å². The third-order valence-corrected chi connectivity index (χ3v) is 8.99. The van der Waals surface area contributed by atoms with Gasteiger partial charge >= 0.3 is 0 Å². The number of likely N-dealkylation sites (tertiary alicyclic amines) is 1. The van der Waals surface area contributed by atoms with Crippen LogP contribution in [-0.4, -0.2) is 59.7 Å². The first-order valence-electron chi connectivity index (χ1n) is 13.7. The minimum atomic E-state index is -0.541. The number of carbonyl (C=O) groups excluding carboxylic acids is 2. The summed E-state index contributed by atoms with van der Waals surface area (Å²) in [7, 11) is 1.69. The molecule has 2 heterocycles. The summed E-state index contributed by atoms with van der Waals surface area (Å²) in [6.45, 7) is 6.29. The maximum atomic E-state index is 13.4. The molecule has 2 saturated carbocycles. The van der Waals surface area contributed by atoms with Crippen LogP contribution in [0.2, 0.25) is 0 Å². The van der Waals surface area contributed by atoms with E-state index in [0.717, 1.165) is 78.0 Å². The minimum absolute atomic E-state index is 0.129. The van der Waals surface area contributed by atoms with Gasteiger partial charge in [0.1, 0.15) is 17.1 Å². The van der Waals surface area contributed by atoms with Crippen LogP contribution < -0.4 is 4.74 Å². The number of carbonyl (C=O) groups is 2. The fourth-order valence-electron chi connectivity index (χ4n) is 5.99. The predicted octanol–water partition coefficient (Wildman–Crippen LogP) is 5.20. The Hall–Kier alpha value is -3.67. The molecule has 38 heavy (non-hydrogen) atoms. The van der Waals surface area contributed by atoms with Gasteiger partial charge in [0.25, 0.3) is 5.91 Å². The topological polar surface area (TPSA) is 62.2 Å². The molecule has 194 valence electrons. The third kappa shape index (κ3) is 3.72. The summed E-state index contributed by atoms with van der Waals surface area (Å²) in [5.74, 6) is 2.39. The molecule has 2 aliphatic carbocycles. The number of fused-ring (bicyclic) bond motifs is 1. The summed E-state index contributed by atoms with van der Waals surface area (Å²) < 4.78 is 5.36. The van der Waals surface area contributed by atoms with Gasteiger partial charge in [0.2, 0.25) is 5.91 Å². The molecule has 0 bridgehead atoms. The summed E-state index contributed by atoms with van der Waals surface area (Å²) in [6, 6.07) is 19.1. The van der Waals surface area contributed by atoms with Gasteiger partial charge < -0.3 is 9.64 Å². The largest absolute Gasteiger partial charge is 0.497 e. The van der Waals surface area contributed by atoms with Crippen molar-refractivity contribution in [2.45, 2.75) is 45.1 Å². The summed E-state index contributed by atoms with van der Waals surface area (Å²) in [4.78, 5) is 35.0. The van der Waals surface area contributed by atoms with Crippen molar-refractivity contribution in [3.8, 4) is 16.9 Å². The number of ether oxygens (including phenoxy) is 1. The molecule has 3 aromatic rings. The van der Waals surface area contributed by atoms with Crippen LogP contribution in [0.25, 0.3) is 21.9 Å². The molecule has 2 aliphatic heterocycles. The molecule has 3 aromatic carbocycles. The van der Waals surface area contributed by atoms with Crippen molar-refractivity contribution in [1.82, 2.24) is 9.80 Å². The summed E-state index contributed by atoms with van der Waals surface area (Å²) in [5.41, 5.74) is 3.76. The van der Waals surface area contributed by atoms with Crippen molar-refractivity contribution in [3.63, 3.8) is 0 Å². The van der Waals surface area contributed by atoms with Gasteiger partial charge in [0, 0.05) is 36.5 Å². The van der Waals surface area contributed by atoms with Crippen molar-refractivity contribution in [2.75, 3.05) is 26.7 Å². The van der Waals surface area contributed by atoms with Crippen LogP contribution >= 0.6 is 0 Å². The van der Waals surface area contributed by atoms with E-state index in [-0.39, 0.29) is 17.2 Å². The Morgan fingerprint density at radius 1 is 0.974 bits per heavy atom. The third-order valence-electron chi connectivity index (χ3n) is 8.99. The van der Waals surface area contributed by atoms with Gasteiger partial charge in [-0.05, 0) is 78.3 Å². The monoisotopic (exact) mass is 507 g/mol. The number of aryl methyl sites for hydroxylation is 1. The molecule has 0 atom stereocenters. The van der Waals surface area contributed by atoms with E-state index in [0.29, 0.717) is 12.5 Å². The lowest BCUT2D eigenvalue weighted by Crippen LogP contribution is -2.56. The Kier molecular flexibility index (Phi) is 5.04. The fourth-order valence-corrected chi connectivity index (χ4v) is 5.99. The summed E-state index contributed by atoms with van der Waals surface area (Å²) in [6.07, 6.45) is 3.66. The molecule has 1 saturated heterocycles. The maximum Gasteiger partial charge on any atom is 0.256 e. The van der Waals surface area contributed by atoms with Crippen LogP contribution in [0.1, 0.15) is 43.7 Å². The van der Waals surface area contributed by atoms with Crippen LogP contribution in [0.4, 0.5) is 0 Å². The molecule has 0 radical (unpaired) electrons. The van der Waals surface area contributed by atoms with Crippen LogP contribution in [0, 0.1) is 18.3 Å². The maximum absolute atomic E-state index is 13.4. The van der Waals surface area contributed by atoms with Gasteiger partial charge in [-0.1, -0.05) is 43.3 Å². The zero-order chi connectivity index (χ0) is 26.2. The van der Waals surface area contributed by atoms with Gasteiger partial charge in [-0.15, -0.1) is 0 Å². The van der Waals surface area contributed by atoms with Crippen LogP contribution in [0.3, 0.4) is 0 Å². The summed E-state index contributed by atoms with van der Waals surface area (Å²) >= 11 is 0. The standard InChI is InChI=1S/C32H33N3O3/c1-20-14-22(23-4-5-25-16-26(38-3)8-6-24(25)15-23)7-9-27(20)28-33-32(12-13-32)30(37)35(28)19-21-17-34(18-21)29(36)31(2)10-11-31/h4-9,14-16,21H,10-13,17-19H2,1-3H3. The SMILES string of the molecule is COc1ccc2cc(-c3ccc(C4=NC5(CC5)C(=O)N4CC4CN(C(=O)C5(C)CC5)C4)c(C)c3)ccc2c1. The van der Waals surface area contributed by atoms with E-state index >= 15 is 0 Å². The lowest BCUT2D eigenvalue weighted by Gasteiger charge is -2.42. The second-order valence-electron chi connectivity index (χ2n) is 12.0. The summed E-state index contributed by atoms with van der Waals surface area (Å²) in [5, 5.41) is 2.31. The zero-order valence-corrected chi connectivity index (χ0v) is 22.3. The van der Waals surface area contributed by atoms with E-state index in [1.165, 1.54) is 5.39 Å². The van der Waals surface area contributed by atoms with Gasteiger partial charge in [-0.3, -0.25) is 19.5 Å². The molecule has 1 spiro atoms. The number of hydrogen-bond donors (Lipinski definition) is 0. The highest BCUT2D eigenvalue weighted by Gasteiger charge is 2.58. The number of rotatable bonds is 6. The molecular formula is C32H33N3O3.